The molecule has 96 valence electrons. The molecule has 0 atom stereocenters. The Morgan fingerprint density at radius 2 is 2.17 bits per heavy atom. The molecule has 0 bridgehead atoms. The molecule has 2 aromatic rings. The Hall–Kier alpha value is -1.68. The van der Waals surface area contributed by atoms with Gasteiger partial charge >= 0.3 is 0 Å². The molecular formula is C14H18FN3. The van der Waals surface area contributed by atoms with Crippen molar-refractivity contribution < 1.29 is 4.39 Å². The molecule has 1 heterocycles. The van der Waals surface area contributed by atoms with Crippen molar-refractivity contribution in [3.8, 4) is 11.4 Å². The van der Waals surface area contributed by atoms with Gasteiger partial charge in [-0.1, -0.05) is 19.9 Å². The smallest absolute Gasteiger partial charge is 0.140 e. The second-order valence-electron chi connectivity index (χ2n) is 4.70. The average molecular weight is 247 g/mol. The van der Waals surface area contributed by atoms with Crippen LogP contribution in [0.2, 0.25) is 0 Å². The zero-order valence-corrected chi connectivity index (χ0v) is 10.9. The summed E-state index contributed by atoms with van der Waals surface area (Å²) in [4.78, 5) is 4.28. The molecule has 0 saturated heterocycles. The normalized spacial score (nSPS) is 11.2. The van der Waals surface area contributed by atoms with Crippen molar-refractivity contribution in [3.05, 3.63) is 42.0 Å². The zero-order chi connectivity index (χ0) is 13.1. The summed E-state index contributed by atoms with van der Waals surface area (Å²) in [7, 11) is 1.91. The highest BCUT2D eigenvalue weighted by Gasteiger charge is 2.10. The molecule has 0 aliphatic heterocycles. The minimum absolute atomic E-state index is 0.235. The van der Waals surface area contributed by atoms with Crippen LogP contribution in [-0.2, 0) is 13.6 Å². The summed E-state index contributed by atoms with van der Waals surface area (Å²) in [6.07, 6.45) is 3.58. The molecule has 1 N–H and O–H groups in total. The van der Waals surface area contributed by atoms with E-state index in [0.29, 0.717) is 12.6 Å². The molecule has 18 heavy (non-hydrogen) atoms. The number of hydrogen-bond acceptors (Lipinski definition) is 2. The van der Waals surface area contributed by atoms with Gasteiger partial charge in [-0.15, -0.1) is 0 Å². The first-order valence-electron chi connectivity index (χ1n) is 6.07. The first kappa shape index (κ1) is 12.8. The van der Waals surface area contributed by atoms with Gasteiger partial charge in [0.05, 0.1) is 0 Å². The third-order valence-corrected chi connectivity index (χ3v) is 2.83. The summed E-state index contributed by atoms with van der Waals surface area (Å²) in [6, 6.07) is 5.24. The van der Waals surface area contributed by atoms with Crippen molar-refractivity contribution in [1.29, 1.82) is 0 Å². The fraction of sp³-hybridized carbons (Fsp3) is 0.357. The minimum atomic E-state index is -0.235. The van der Waals surface area contributed by atoms with Gasteiger partial charge in [0.25, 0.3) is 0 Å². The van der Waals surface area contributed by atoms with Gasteiger partial charge in [-0.25, -0.2) is 9.37 Å². The van der Waals surface area contributed by atoms with Gasteiger partial charge in [0, 0.05) is 37.6 Å². The van der Waals surface area contributed by atoms with Crippen molar-refractivity contribution in [2.24, 2.45) is 7.05 Å². The molecule has 0 amide bonds. The summed E-state index contributed by atoms with van der Waals surface area (Å²) >= 11 is 0. The number of halogens is 1. The zero-order valence-electron chi connectivity index (χ0n) is 10.9. The Labute approximate surface area is 107 Å². The van der Waals surface area contributed by atoms with Gasteiger partial charge in [0.15, 0.2) is 0 Å². The topological polar surface area (TPSA) is 29.9 Å². The lowest BCUT2D eigenvalue weighted by atomic mass is 10.1. The molecule has 0 spiro atoms. The minimum Gasteiger partial charge on any atom is -0.334 e. The van der Waals surface area contributed by atoms with Crippen LogP contribution in [0.3, 0.4) is 0 Å². The second-order valence-corrected chi connectivity index (χ2v) is 4.70. The highest BCUT2D eigenvalue weighted by molar-refractivity contribution is 5.60. The van der Waals surface area contributed by atoms with Crippen molar-refractivity contribution >= 4 is 0 Å². The molecule has 2 rings (SSSR count). The SMILES string of the molecule is CC(C)NCc1ccc(F)cc1-c1nccn1C. The van der Waals surface area contributed by atoms with E-state index >= 15 is 0 Å². The Morgan fingerprint density at radius 1 is 1.39 bits per heavy atom. The third-order valence-electron chi connectivity index (χ3n) is 2.83. The number of nitrogens with zero attached hydrogens (tertiary/aromatic N) is 2. The first-order valence-corrected chi connectivity index (χ1v) is 6.07. The Morgan fingerprint density at radius 3 is 2.78 bits per heavy atom. The van der Waals surface area contributed by atoms with E-state index in [2.05, 4.69) is 24.1 Å². The predicted molar refractivity (Wildman–Crippen MR) is 70.6 cm³/mol. The largest absolute Gasteiger partial charge is 0.334 e. The van der Waals surface area contributed by atoms with E-state index in [9.17, 15) is 4.39 Å². The summed E-state index contributed by atoms with van der Waals surface area (Å²) in [5.74, 6) is 0.552. The lowest BCUT2D eigenvalue weighted by Crippen LogP contribution is -2.22. The third kappa shape index (κ3) is 2.76. The fourth-order valence-corrected chi connectivity index (χ4v) is 1.85. The molecule has 0 saturated carbocycles. The number of aromatic nitrogens is 2. The van der Waals surface area contributed by atoms with Crippen molar-refractivity contribution in [2.75, 3.05) is 0 Å². The van der Waals surface area contributed by atoms with Gasteiger partial charge in [-0.05, 0) is 17.7 Å². The van der Waals surface area contributed by atoms with E-state index in [1.807, 2.05) is 23.9 Å². The second kappa shape index (κ2) is 5.31. The van der Waals surface area contributed by atoms with Crippen LogP contribution >= 0.6 is 0 Å². The fourth-order valence-electron chi connectivity index (χ4n) is 1.85. The van der Waals surface area contributed by atoms with Gasteiger partial charge < -0.3 is 9.88 Å². The van der Waals surface area contributed by atoms with Crippen LogP contribution in [0.5, 0.6) is 0 Å². The molecule has 0 aliphatic carbocycles. The van der Waals surface area contributed by atoms with Crippen molar-refractivity contribution in [2.45, 2.75) is 26.4 Å². The quantitative estimate of drug-likeness (QED) is 0.900. The van der Waals surface area contributed by atoms with E-state index in [1.54, 1.807) is 12.3 Å². The van der Waals surface area contributed by atoms with E-state index < -0.39 is 0 Å². The number of benzene rings is 1. The van der Waals surface area contributed by atoms with Crippen LogP contribution in [0, 0.1) is 5.82 Å². The summed E-state index contributed by atoms with van der Waals surface area (Å²) in [6.45, 7) is 4.88. The molecule has 3 nitrogen and oxygen atoms in total. The van der Waals surface area contributed by atoms with Gasteiger partial charge in [0.1, 0.15) is 11.6 Å². The van der Waals surface area contributed by atoms with E-state index in [1.165, 1.54) is 6.07 Å². The molecule has 4 heteroatoms. The van der Waals surface area contributed by atoms with Gasteiger partial charge in [-0.3, -0.25) is 0 Å². The van der Waals surface area contributed by atoms with Crippen molar-refractivity contribution in [1.82, 2.24) is 14.9 Å². The number of aryl methyl sites for hydroxylation is 1. The maximum Gasteiger partial charge on any atom is 0.140 e. The lowest BCUT2D eigenvalue weighted by Gasteiger charge is -2.12. The van der Waals surface area contributed by atoms with Crippen LogP contribution in [0.15, 0.2) is 30.6 Å². The maximum atomic E-state index is 13.4. The lowest BCUT2D eigenvalue weighted by molar-refractivity contribution is 0.586. The van der Waals surface area contributed by atoms with Crippen LogP contribution < -0.4 is 5.32 Å². The Bertz CT molecular complexity index is 532. The van der Waals surface area contributed by atoms with Crippen LogP contribution in [0.1, 0.15) is 19.4 Å². The first-order chi connectivity index (χ1) is 8.58. The maximum absolute atomic E-state index is 13.4. The summed E-state index contributed by atoms with van der Waals surface area (Å²) < 4.78 is 15.3. The van der Waals surface area contributed by atoms with Crippen molar-refractivity contribution in [3.63, 3.8) is 0 Å². The molecular weight excluding hydrogens is 229 g/mol. The van der Waals surface area contributed by atoms with E-state index in [0.717, 1.165) is 17.0 Å². The molecule has 1 aromatic heterocycles. The van der Waals surface area contributed by atoms with Crippen LogP contribution in [0.4, 0.5) is 4.39 Å². The molecule has 0 radical (unpaired) electrons. The monoisotopic (exact) mass is 247 g/mol. The number of hydrogen-bond donors (Lipinski definition) is 1. The van der Waals surface area contributed by atoms with E-state index in [4.69, 9.17) is 0 Å². The van der Waals surface area contributed by atoms with Crippen LogP contribution in [-0.4, -0.2) is 15.6 Å². The highest BCUT2D eigenvalue weighted by atomic mass is 19.1. The van der Waals surface area contributed by atoms with Gasteiger partial charge in [0.2, 0.25) is 0 Å². The Kier molecular flexibility index (Phi) is 3.77. The predicted octanol–water partition coefficient (Wildman–Crippen LogP) is 2.72. The molecule has 0 fully saturated rings. The summed E-state index contributed by atoms with van der Waals surface area (Å²) in [5.41, 5.74) is 1.90. The molecule has 0 aliphatic rings. The van der Waals surface area contributed by atoms with Gasteiger partial charge in [-0.2, -0.15) is 0 Å². The molecule has 1 aromatic carbocycles. The molecule has 0 unspecified atom stereocenters. The highest BCUT2D eigenvalue weighted by Crippen LogP contribution is 2.23. The number of imidazole rings is 1. The average Bonchev–Trinajstić information content (AvgIpc) is 2.73. The standard InChI is InChI=1S/C14H18FN3/c1-10(2)17-9-11-4-5-12(15)8-13(11)14-16-6-7-18(14)3/h4-8,10,17H,9H2,1-3H3. The number of nitrogens with one attached hydrogen (secondary N) is 1. The summed E-state index contributed by atoms with van der Waals surface area (Å²) in [5, 5.41) is 3.34. The van der Waals surface area contributed by atoms with E-state index in [-0.39, 0.29) is 5.82 Å². The number of rotatable bonds is 4. The van der Waals surface area contributed by atoms with Crippen LogP contribution in [0.25, 0.3) is 11.4 Å². The Balaban J connectivity index is 2.38.